The molecule has 0 atom stereocenters. The van der Waals surface area contributed by atoms with Gasteiger partial charge in [0, 0.05) is 9.11 Å². The maximum atomic E-state index is 12.8. The highest BCUT2D eigenvalue weighted by Gasteiger charge is 2.01. The molecule has 2 aromatic rings. The van der Waals surface area contributed by atoms with Crippen molar-refractivity contribution in [2.75, 3.05) is 0 Å². The Hall–Kier alpha value is -1.67. The van der Waals surface area contributed by atoms with Crippen LogP contribution < -0.4 is 0 Å². The van der Waals surface area contributed by atoms with Crippen LogP contribution in [0.5, 0.6) is 0 Å². The lowest BCUT2D eigenvalue weighted by Gasteiger charge is -2.03. The average molecular weight is 251 g/mol. The Labute approximate surface area is 107 Å². The third-order valence-electron chi connectivity index (χ3n) is 2.31. The van der Waals surface area contributed by atoms with Crippen molar-refractivity contribution in [2.45, 2.75) is 6.37 Å². The first-order valence-corrected chi connectivity index (χ1v) is 5.35. The molecule has 0 unspecified atom stereocenters. The Morgan fingerprint density at radius 2 is 1.53 bits per heavy atom. The molecule has 0 aliphatic rings. The van der Waals surface area contributed by atoms with Crippen LogP contribution in [0.3, 0.4) is 0 Å². The Kier molecular flexibility index (Phi) is 2.81. The standard InChI is InChI=1S/C14H10ClFO/c15-14(17)9-10-1-3-11(4-2-10)12-5-7-13(16)8-6-12/h1-8H,9H2/i9D2. The van der Waals surface area contributed by atoms with Crippen molar-refractivity contribution in [3.63, 3.8) is 0 Å². The Morgan fingerprint density at radius 1 is 1.06 bits per heavy atom. The fraction of sp³-hybridized carbons (Fsp3) is 0.0714. The summed E-state index contributed by atoms with van der Waals surface area (Å²) in [6, 6.07) is 12.3. The van der Waals surface area contributed by atoms with Gasteiger partial charge in [-0.15, -0.1) is 0 Å². The van der Waals surface area contributed by atoms with E-state index in [0.29, 0.717) is 0 Å². The van der Waals surface area contributed by atoms with E-state index >= 15 is 0 Å². The first-order chi connectivity index (χ1) is 8.91. The lowest BCUT2D eigenvalue weighted by Crippen LogP contribution is -1.92. The van der Waals surface area contributed by atoms with Crippen molar-refractivity contribution >= 4 is 16.8 Å². The number of hydrogen-bond acceptors (Lipinski definition) is 1. The number of halogens is 2. The summed E-state index contributed by atoms with van der Waals surface area (Å²) in [5, 5.41) is -1.05. The molecule has 0 heterocycles. The maximum absolute atomic E-state index is 12.8. The maximum Gasteiger partial charge on any atom is 0.226 e. The normalized spacial score (nSPS) is 12.8. The molecule has 0 spiro atoms. The van der Waals surface area contributed by atoms with Gasteiger partial charge < -0.3 is 0 Å². The largest absolute Gasteiger partial charge is 0.281 e. The van der Waals surface area contributed by atoms with Crippen LogP contribution in [0, 0.1) is 5.82 Å². The zero-order valence-electron chi connectivity index (χ0n) is 10.8. The van der Waals surface area contributed by atoms with Crippen LogP contribution in [-0.4, -0.2) is 5.24 Å². The molecule has 2 aromatic carbocycles. The minimum atomic E-state index is -2.21. The van der Waals surface area contributed by atoms with Crippen molar-refractivity contribution in [3.05, 3.63) is 59.9 Å². The number of benzene rings is 2. The Morgan fingerprint density at radius 3 is 2.00 bits per heavy atom. The van der Waals surface area contributed by atoms with Crippen LogP contribution in [0.1, 0.15) is 8.30 Å². The van der Waals surface area contributed by atoms with Gasteiger partial charge in [0.25, 0.3) is 0 Å². The molecule has 0 radical (unpaired) electrons. The monoisotopic (exact) mass is 250 g/mol. The van der Waals surface area contributed by atoms with Crippen molar-refractivity contribution < 1.29 is 11.9 Å². The predicted octanol–water partition coefficient (Wildman–Crippen LogP) is 3.80. The molecule has 86 valence electrons. The van der Waals surface area contributed by atoms with Crippen LogP contribution in [0.15, 0.2) is 48.5 Å². The molecule has 17 heavy (non-hydrogen) atoms. The highest BCUT2D eigenvalue weighted by atomic mass is 35.5. The average Bonchev–Trinajstić information content (AvgIpc) is 2.39. The summed E-state index contributed by atoms with van der Waals surface area (Å²) in [6.07, 6.45) is -2.21. The molecule has 0 saturated heterocycles. The molecule has 0 fully saturated rings. The quantitative estimate of drug-likeness (QED) is 0.758. The summed E-state index contributed by atoms with van der Waals surface area (Å²) in [6.45, 7) is 0. The summed E-state index contributed by atoms with van der Waals surface area (Å²) in [7, 11) is 0. The summed E-state index contributed by atoms with van der Waals surface area (Å²) in [5.74, 6) is -0.315. The van der Waals surface area contributed by atoms with Gasteiger partial charge in [0.05, 0.1) is 0 Å². The first-order valence-electron chi connectivity index (χ1n) is 5.97. The molecular weight excluding hydrogens is 239 g/mol. The molecule has 0 saturated carbocycles. The second kappa shape index (κ2) is 5.11. The van der Waals surface area contributed by atoms with Crippen LogP contribution in [-0.2, 0) is 11.2 Å². The second-order valence-electron chi connectivity index (χ2n) is 3.48. The molecule has 0 N–H and O–H groups in total. The van der Waals surface area contributed by atoms with Crippen LogP contribution >= 0.6 is 11.6 Å². The van der Waals surface area contributed by atoms with Gasteiger partial charge in [0.1, 0.15) is 5.82 Å². The molecule has 0 aliphatic heterocycles. The van der Waals surface area contributed by atoms with E-state index in [4.69, 9.17) is 14.3 Å². The summed E-state index contributed by atoms with van der Waals surface area (Å²) < 4.78 is 27.9. The van der Waals surface area contributed by atoms with Crippen molar-refractivity contribution in [2.24, 2.45) is 0 Å². The van der Waals surface area contributed by atoms with Gasteiger partial charge in [0.15, 0.2) is 0 Å². The third kappa shape index (κ3) is 3.14. The van der Waals surface area contributed by atoms with E-state index in [0.717, 1.165) is 11.1 Å². The van der Waals surface area contributed by atoms with E-state index in [1.807, 2.05) is 0 Å². The van der Waals surface area contributed by atoms with Gasteiger partial charge in [-0.05, 0) is 40.4 Å². The van der Waals surface area contributed by atoms with E-state index in [1.54, 1.807) is 24.3 Å². The van der Waals surface area contributed by atoms with Gasteiger partial charge >= 0.3 is 0 Å². The molecule has 0 amide bonds. The summed E-state index contributed by atoms with van der Waals surface area (Å²) in [4.78, 5) is 11.0. The minimum Gasteiger partial charge on any atom is -0.281 e. The predicted molar refractivity (Wildman–Crippen MR) is 66.4 cm³/mol. The second-order valence-corrected chi connectivity index (χ2v) is 3.83. The molecular formula is C14H10ClFO. The third-order valence-corrected chi connectivity index (χ3v) is 2.40. The Bertz CT molecular complexity index is 594. The molecule has 1 nitrogen and oxygen atoms in total. The molecule has 3 heteroatoms. The summed E-state index contributed by atoms with van der Waals surface area (Å²) in [5.41, 5.74) is 1.81. The zero-order chi connectivity index (χ0) is 14.0. The van der Waals surface area contributed by atoms with Gasteiger partial charge in [-0.25, -0.2) is 4.39 Å². The van der Waals surface area contributed by atoms with E-state index in [1.165, 1.54) is 24.3 Å². The van der Waals surface area contributed by atoms with Crippen LogP contribution in [0.4, 0.5) is 4.39 Å². The molecule has 2 rings (SSSR count). The lowest BCUT2D eigenvalue weighted by atomic mass is 10.0. The van der Waals surface area contributed by atoms with Crippen LogP contribution in [0.2, 0.25) is 0 Å². The highest BCUT2D eigenvalue weighted by molar-refractivity contribution is 6.63. The van der Waals surface area contributed by atoms with Crippen molar-refractivity contribution in [3.8, 4) is 11.1 Å². The summed E-state index contributed by atoms with van der Waals surface area (Å²) >= 11 is 5.22. The van der Waals surface area contributed by atoms with Crippen molar-refractivity contribution in [1.82, 2.24) is 0 Å². The number of carbonyl (C=O) groups is 1. The van der Waals surface area contributed by atoms with Gasteiger partial charge in [-0.1, -0.05) is 36.4 Å². The van der Waals surface area contributed by atoms with Gasteiger partial charge in [-0.2, -0.15) is 0 Å². The van der Waals surface area contributed by atoms with E-state index in [2.05, 4.69) is 0 Å². The number of carbonyl (C=O) groups excluding carboxylic acids is 1. The van der Waals surface area contributed by atoms with Crippen molar-refractivity contribution in [1.29, 1.82) is 0 Å². The minimum absolute atomic E-state index is 0.193. The topological polar surface area (TPSA) is 17.1 Å². The number of rotatable bonds is 3. The van der Waals surface area contributed by atoms with E-state index < -0.39 is 11.6 Å². The number of hydrogen-bond donors (Lipinski definition) is 0. The lowest BCUT2D eigenvalue weighted by molar-refractivity contribution is -0.111. The highest BCUT2D eigenvalue weighted by Crippen LogP contribution is 2.20. The first kappa shape index (κ1) is 9.37. The fourth-order valence-corrected chi connectivity index (χ4v) is 1.61. The SMILES string of the molecule is [2H]C([2H])(C(=O)Cl)c1ccc(-c2ccc(F)cc2)cc1. The molecule has 0 aliphatic carbocycles. The van der Waals surface area contributed by atoms with Crippen LogP contribution in [0.25, 0.3) is 11.1 Å². The fourth-order valence-electron chi connectivity index (χ4n) is 1.50. The van der Waals surface area contributed by atoms with E-state index in [9.17, 15) is 9.18 Å². The van der Waals surface area contributed by atoms with Gasteiger partial charge in [-0.3, -0.25) is 4.79 Å². The zero-order valence-corrected chi connectivity index (χ0v) is 9.54. The Balaban J connectivity index is 2.33. The molecule has 0 aromatic heterocycles. The molecule has 0 bridgehead atoms. The van der Waals surface area contributed by atoms with E-state index in [-0.39, 0.29) is 11.4 Å². The van der Waals surface area contributed by atoms with Gasteiger partial charge in [0.2, 0.25) is 5.24 Å². The smallest absolute Gasteiger partial charge is 0.226 e.